The number of halogens is 4. The third kappa shape index (κ3) is 5.35. The van der Waals surface area contributed by atoms with Gasteiger partial charge in [-0.25, -0.2) is 4.79 Å². The first-order valence-electron chi connectivity index (χ1n) is 9.03. The second-order valence-corrected chi connectivity index (χ2v) is 9.24. The number of carbonyl (C=O) groups is 3. The highest BCUT2D eigenvalue weighted by molar-refractivity contribution is 8.18. The molecule has 0 unspecified atom stereocenters. The van der Waals surface area contributed by atoms with Crippen LogP contribution in [0.25, 0.3) is 6.08 Å². The van der Waals surface area contributed by atoms with Crippen LogP contribution in [0.3, 0.4) is 0 Å². The topological polar surface area (TPSA) is 72.9 Å². The fourth-order valence-electron chi connectivity index (χ4n) is 2.83. The summed E-state index contributed by atoms with van der Waals surface area (Å²) >= 11 is 25.4. The van der Waals surface area contributed by atoms with E-state index in [9.17, 15) is 14.4 Å². The van der Waals surface area contributed by atoms with Crippen molar-refractivity contribution in [3.63, 3.8) is 0 Å². The van der Waals surface area contributed by atoms with Crippen molar-refractivity contribution < 1.29 is 23.9 Å². The Kier molecular flexibility index (Phi) is 8.01. The van der Waals surface area contributed by atoms with Gasteiger partial charge in [0.2, 0.25) is 0 Å². The van der Waals surface area contributed by atoms with E-state index in [1.165, 1.54) is 20.1 Å². The van der Waals surface area contributed by atoms with Crippen molar-refractivity contribution in [2.75, 3.05) is 7.11 Å². The molecule has 3 rings (SSSR count). The van der Waals surface area contributed by atoms with Crippen LogP contribution in [0.15, 0.2) is 35.2 Å². The van der Waals surface area contributed by atoms with Crippen molar-refractivity contribution in [1.29, 1.82) is 0 Å². The summed E-state index contributed by atoms with van der Waals surface area (Å²) in [5.41, 5.74) is 1.17. The van der Waals surface area contributed by atoms with Crippen LogP contribution < -0.4 is 4.74 Å². The summed E-state index contributed by atoms with van der Waals surface area (Å²) in [4.78, 5) is 37.6. The Morgan fingerprint density at radius 3 is 2.34 bits per heavy atom. The highest BCUT2D eigenvalue weighted by Gasteiger charge is 2.41. The zero-order valence-corrected chi connectivity index (χ0v) is 20.5. The van der Waals surface area contributed by atoms with E-state index in [-0.39, 0.29) is 27.3 Å². The molecule has 6 nitrogen and oxygen atoms in total. The minimum Gasteiger partial charge on any atom is -0.486 e. The zero-order valence-electron chi connectivity index (χ0n) is 16.7. The minimum atomic E-state index is -1.04. The monoisotopic (exact) mass is 533 g/mol. The van der Waals surface area contributed by atoms with E-state index >= 15 is 0 Å². The molecule has 11 heteroatoms. The summed E-state index contributed by atoms with van der Waals surface area (Å²) in [6.45, 7) is 1.52. The Morgan fingerprint density at radius 2 is 1.75 bits per heavy atom. The van der Waals surface area contributed by atoms with E-state index in [1.807, 2.05) is 0 Å². The molecule has 1 saturated heterocycles. The summed E-state index contributed by atoms with van der Waals surface area (Å²) in [6.07, 6.45) is 1.46. The van der Waals surface area contributed by atoms with Crippen molar-refractivity contribution in [2.45, 2.75) is 19.6 Å². The van der Waals surface area contributed by atoms with Crippen LogP contribution in [0, 0.1) is 0 Å². The van der Waals surface area contributed by atoms with Crippen molar-refractivity contribution in [1.82, 2.24) is 4.90 Å². The SMILES string of the molecule is COC(=O)[C@@H](C)N1C(=O)S/C(=C/c2cc(Cl)c(OCc3ccc(Cl)cc3Cl)c(Cl)c2)C1=O. The number of hydrogen-bond acceptors (Lipinski definition) is 6. The first kappa shape index (κ1) is 24.7. The standard InChI is InChI=1S/C21H15Cl4NO5S/c1-10(20(28)30-2)26-19(27)17(32-21(26)29)7-11-5-15(24)18(16(25)6-11)31-9-12-3-4-13(22)8-14(12)23/h3-8,10H,9H2,1-2H3/b17-7+/t10-/m1/s1. The molecule has 2 aromatic carbocycles. The van der Waals surface area contributed by atoms with Gasteiger partial charge in [0.1, 0.15) is 12.6 Å². The number of nitrogens with zero attached hydrogens (tertiary/aromatic N) is 1. The Hall–Kier alpha value is -1.90. The van der Waals surface area contributed by atoms with Gasteiger partial charge in [-0.3, -0.25) is 14.5 Å². The number of carbonyl (C=O) groups excluding carboxylic acids is 3. The van der Waals surface area contributed by atoms with Gasteiger partial charge in [0.25, 0.3) is 11.1 Å². The predicted molar refractivity (Wildman–Crippen MR) is 127 cm³/mol. The van der Waals surface area contributed by atoms with Crippen LogP contribution in [0.2, 0.25) is 20.1 Å². The Balaban J connectivity index is 1.80. The second kappa shape index (κ2) is 10.4. The Bertz CT molecular complexity index is 1110. The van der Waals surface area contributed by atoms with Gasteiger partial charge in [-0.15, -0.1) is 0 Å². The number of rotatable bonds is 6. The average molecular weight is 535 g/mol. The van der Waals surface area contributed by atoms with E-state index in [2.05, 4.69) is 4.74 Å². The van der Waals surface area contributed by atoms with Crippen molar-refractivity contribution >= 4 is 81.4 Å². The first-order chi connectivity index (χ1) is 15.1. The van der Waals surface area contributed by atoms with Gasteiger partial charge in [0.15, 0.2) is 5.75 Å². The maximum atomic E-state index is 12.6. The van der Waals surface area contributed by atoms with Gasteiger partial charge in [-0.1, -0.05) is 52.5 Å². The average Bonchev–Trinajstić information content (AvgIpc) is 3.00. The van der Waals surface area contributed by atoms with Gasteiger partial charge in [0.05, 0.1) is 22.1 Å². The number of hydrogen-bond donors (Lipinski definition) is 0. The van der Waals surface area contributed by atoms with Gasteiger partial charge >= 0.3 is 5.97 Å². The van der Waals surface area contributed by atoms with Gasteiger partial charge in [-0.2, -0.15) is 0 Å². The largest absolute Gasteiger partial charge is 0.486 e. The van der Waals surface area contributed by atoms with E-state index < -0.39 is 23.2 Å². The highest BCUT2D eigenvalue weighted by Crippen LogP contribution is 2.38. The molecule has 32 heavy (non-hydrogen) atoms. The van der Waals surface area contributed by atoms with Crippen LogP contribution in [-0.4, -0.2) is 35.2 Å². The lowest BCUT2D eigenvalue weighted by atomic mass is 10.2. The maximum Gasteiger partial charge on any atom is 0.328 e. The molecule has 1 fully saturated rings. The summed E-state index contributed by atoms with van der Waals surface area (Å²) in [5, 5.41) is 0.783. The minimum absolute atomic E-state index is 0.110. The zero-order chi connectivity index (χ0) is 23.6. The quantitative estimate of drug-likeness (QED) is 0.312. The molecule has 0 aromatic heterocycles. The van der Waals surface area contributed by atoms with Crippen LogP contribution in [0.5, 0.6) is 5.75 Å². The van der Waals surface area contributed by atoms with Crippen LogP contribution in [0.4, 0.5) is 4.79 Å². The molecular formula is C21H15Cl4NO5S. The molecule has 2 amide bonds. The van der Waals surface area contributed by atoms with E-state index in [1.54, 1.807) is 30.3 Å². The molecule has 1 aliphatic rings. The molecule has 0 spiro atoms. The number of amides is 2. The van der Waals surface area contributed by atoms with Crippen molar-refractivity contribution in [3.05, 3.63) is 66.5 Å². The summed E-state index contributed by atoms with van der Waals surface area (Å²) < 4.78 is 10.3. The molecule has 0 bridgehead atoms. The Labute approximate surface area is 208 Å². The van der Waals surface area contributed by atoms with E-state index in [0.29, 0.717) is 32.9 Å². The third-order valence-electron chi connectivity index (χ3n) is 4.46. The van der Waals surface area contributed by atoms with E-state index in [4.69, 9.17) is 51.1 Å². The number of esters is 1. The number of methoxy groups -OCH3 is 1. The lowest BCUT2D eigenvalue weighted by Crippen LogP contribution is -2.42. The van der Waals surface area contributed by atoms with Crippen molar-refractivity contribution in [3.8, 4) is 5.75 Å². The van der Waals surface area contributed by atoms with Crippen molar-refractivity contribution in [2.24, 2.45) is 0 Å². The molecule has 0 saturated carbocycles. The predicted octanol–water partition coefficient (Wildman–Crippen LogP) is 6.48. The van der Waals surface area contributed by atoms with Gasteiger partial charge < -0.3 is 9.47 Å². The molecule has 0 radical (unpaired) electrons. The van der Waals surface area contributed by atoms with Crippen LogP contribution in [-0.2, 0) is 20.9 Å². The van der Waals surface area contributed by atoms with Gasteiger partial charge in [-0.05, 0) is 54.6 Å². The number of ether oxygens (including phenoxy) is 2. The second-order valence-electron chi connectivity index (χ2n) is 6.59. The molecule has 1 aliphatic heterocycles. The fourth-order valence-corrected chi connectivity index (χ4v) is 4.81. The van der Waals surface area contributed by atoms with Crippen LogP contribution >= 0.6 is 58.2 Å². The fraction of sp³-hybridized carbons (Fsp3) is 0.190. The number of imide groups is 1. The Morgan fingerprint density at radius 1 is 1.09 bits per heavy atom. The summed E-state index contributed by atoms with van der Waals surface area (Å²) in [6, 6.07) is 7.07. The smallest absolute Gasteiger partial charge is 0.328 e. The first-order valence-corrected chi connectivity index (χ1v) is 11.4. The molecule has 1 heterocycles. The molecular weight excluding hydrogens is 520 g/mol. The van der Waals surface area contributed by atoms with Crippen LogP contribution in [0.1, 0.15) is 18.1 Å². The lowest BCUT2D eigenvalue weighted by molar-refractivity contribution is -0.148. The van der Waals surface area contributed by atoms with Gasteiger partial charge in [0, 0.05) is 15.6 Å². The molecule has 0 N–H and O–H groups in total. The number of thioether (sulfide) groups is 1. The molecule has 0 aliphatic carbocycles. The molecule has 168 valence electrons. The summed E-state index contributed by atoms with van der Waals surface area (Å²) in [5.74, 6) is -1.06. The summed E-state index contributed by atoms with van der Waals surface area (Å²) in [7, 11) is 1.18. The normalized spacial score (nSPS) is 15.9. The maximum absolute atomic E-state index is 12.6. The molecule has 1 atom stereocenters. The lowest BCUT2D eigenvalue weighted by Gasteiger charge is -2.18. The van der Waals surface area contributed by atoms with E-state index in [0.717, 1.165) is 4.90 Å². The molecule has 2 aromatic rings. The number of benzene rings is 2. The highest BCUT2D eigenvalue weighted by atomic mass is 35.5. The third-order valence-corrected chi connectivity index (χ3v) is 6.49.